The summed E-state index contributed by atoms with van der Waals surface area (Å²) in [4.78, 5) is 5.96. The van der Waals surface area contributed by atoms with Gasteiger partial charge < -0.3 is 15.4 Å². The van der Waals surface area contributed by atoms with Crippen molar-refractivity contribution in [2.75, 3.05) is 37.7 Å². The maximum Gasteiger partial charge on any atom is 0.0584 e. The fourth-order valence-electron chi connectivity index (χ4n) is 4.24. The number of hydrogen-bond acceptors (Lipinski definition) is 4. The lowest BCUT2D eigenvalue weighted by molar-refractivity contribution is 0.255. The highest BCUT2D eigenvalue weighted by molar-refractivity contribution is 7.99. The first kappa shape index (κ1) is 21.4. The third kappa shape index (κ3) is 5.67. The Morgan fingerprint density at radius 1 is 1.07 bits per heavy atom. The monoisotopic (exact) mass is 423 g/mol. The van der Waals surface area contributed by atoms with Crippen LogP contribution in [0.4, 0.5) is 0 Å². The van der Waals surface area contributed by atoms with Gasteiger partial charge in [0.25, 0.3) is 0 Å². The van der Waals surface area contributed by atoms with Gasteiger partial charge in [-0.1, -0.05) is 24.3 Å². The topological polar surface area (TPSA) is 51.3 Å². The number of hydrogen-bond donors (Lipinski definition) is 3. The highest BCUT2D eigenvalue weighted by Crippen LogP contribution is 2.26. The smallest absolute Gasteiger partial charge is 0.0584 e. The average Bonchev–Trinajstić information content (AvgIpc) is 3.43. The molecule has 1 aromatic heterocycles. The lowest BCUT2D eigenvalue weighted by Crippen LogP contribution is -2.31. The number of rotatable bonds is 4. The molecule has 0 spiro atoms. The van der Waals surface area contributed by atoms with E-state index in [-0.39, 0.29) is 0 Å². The fraction of sp³-hybridized carbons (Fsp3) is 0.440. The zero-order chi connectivity index (χ0) is 20.8. The molecule has 2 aromatic carbocycles. The Kier molecular flexibility index (Phi) is 7.50. The molecule has 30 heavy (non-hydrogen) atoms. The van der Waals surface area contributed by atoms with Crippen LogP contribution in [0.25, 0.3) is 22.0 Å². The summed E-state index contributed by atoms with van der Waals surface area (Å²) in [5, 5.41) is 13.0. The minimum Gasteiger partial charge on any atom is -0.395 e. The van der Waals surface area contributed by atoms with Crippen molar-refractivity contribution < 1.29 is 5.11 Å². The second-order valence-electron chi connectivity index (χ2n) is 8.32. The van der Waals surface area contributed by atoms with Crippen LogP contribution in [-0.4, -0.2) is 58.8 Å². The second-order valence-corrected chi connectivity index (χ2v) is 9.54. The Bertz CT molecular complexity index is 942. The van der Waals surface area contributed by atoms with Crippen molar-refractivity contribution in [3.05, 3.63) is 59.8 Å². The quantitative estimate of drug-likeness (QED) is 0.581. The van der Waals surface area contributed by atoms with Gasteiger partial charge in [-0.2, -0.15) is 11.8 Å². The predicted molar refractivity (Wildman–Crippen MR) is 129 cm³/mol. The summed E-state index contributed by atoms with van der Waals surface area (Å²) in [7, 11) is 0. The van der Waals surface area contributed by atoms with Crippen LogP contribution in [0.2, 0.25) is 0 Å². The van der Waals surface area contributed by atoms with Crippen molar-refractivity contribution in [2.45, 2.75) is 32.4 Å². The number of aliphatic hydroxyl groups is 1. The van der Waals surface area contributed by atoms with E-state index < -0.39 is 0 Å². The molecule has 0 aliphatic carbocycles. The number of nitrogens with zero attached hydrogens (tertiary/aromatic N) is 1. The fourth-order valence-corrected chi connectivity index (χ4v) is 5.22. The number of thioether (sulfide) groups is 1. The van der Waals surface area contributed by atoms with Crippen molar-refractivity contribution in [3.8, 4) is 11.1 Å². The molecule has 2 aliphatic heterocycles. The van der Waals surface area contributed by atoms with Crippen LogP contribution >= 0.6 is 11.8 Å². The molecule has 1 unspecified atom stereocenters. The molecule has 5 heteroatoms. The van der Waals surface area contributed by atoms with Crippen LogP contribution in [-0.2, 0) is 6.54 Å². The summed E-state index contributed by atoms with van der Waals surface area (Å²) >= 11 is 2.07. The normalized spacial score (nSPS) is 19.6. The SMILES string of the molecule is Cc1cc2cc(-c3cccc(CN4CCSCC4)c3)ccc2[nH]1.OCC1CCCN1. The molecule has 0 bridgehead atoms. The molecule has 2 fully saturated rings. The minimum absolute atomic E-state index is 0.306. The molecule has 3 aromatic rings. The Balaban J connectivity index is 0.000000265. The standard InChI is InChI=1S/C20H22N2S.C5H11NO/c1-15-11-19-13-18(5-6-20(19)21-15)17-4-2-3-16(12-17)14-22-7-9-23-10-8-22;7-4-5-2-1-3-6-5/h2-6,11-13,21H,7-10,14H2,1H3;5-7H,1-4H2. The van der Waals surface area contributed by atoms with Gasteiger partial charge in [0, 0.05) is 53.8 Å². The lowest BCUT2D eigenvalue weighted by atomic mass is 10.0. The first-order valence-corrected chi connectivity index (χ1v) is 12.2. The van der Waals surface area contributed by atoms with Crippen LogP contribution < -0.4 is 5.32 Å². The predicted octanol–water partition coefficient (Wildman–Crippen LogP) is 4.42. The van der Waals surface area contributed by atoms with Crippen molar-refractivity contribution >= 4 is 22.7 Å². The van der Waals surface area contributed by atoms with Crippen LogP contribution in [0.5, 0.6) is 0 Å². The van der Waals surface area contributed by atoms with E-state index in [1.807, 2.05) is 0 Å². The van der Waals surface area contributed by atoms with E-state index in [2.05, 4.69) is 82.4 Å². The summed E-state index contributed by atoms with van der Waals surface area (Å²) in [6.45, 7) is 7.00. The number of benzene rings is 2. The lowest BCUT2D eigenvalue weighted by Gasteiger charge is -2.26. The number of aryl methyl sites for hydroxylation is 1. The number of fused-ring (bicyclic) bond motifs is 1. The van der Waals surface area contributed by atoms with Gasteiger partial charge in [-0.25, -0.2) is 0 Å². The van der Waals surface area contributed by atoms with Gasteiger partial charge in [0.05, 0.1) is 6.61 Å². The second kappa shape index (κ2) is 10.5. The maximum absolute atomic E-state index is 8.50. The largest absolute Gasteiger partial charge is 0.395 e. The third-order valence-electron chi connectivity index (χ3n) is 5.91. The van der Waals surface area contributed by atoms with Gasteiger partial charge in [0.1, 0.15) is 0 Å². The zero-order valence-electron chi connectivity index (χ0n) is 17.9. The van der Waals surface area contributed by atoms with Gasteiger partial charge in [-0.15, -0.1) is 0 Å². The first-order valence-electron chi connectivity index (χ1n) is 11.0. The number of aromatic nitrogens is 1. The summed E-state index contributed by atoms with van der Waals surface area (Å²) in [5.41, 5.74) is 6.46. The van der Waals surface area contributed by atoms with E-state index in [4.69, 9.17) is 5.11 Å². The van der Waals surface area contributed by atoms with Crippen LogP contribution in [0.1, 0.15) is 24.1 Å². The molecule has 160 valence electrons. The number of aromatic amines is 1. The zero-order valence-corrected chi connectivity index (χ0v) is 18.7. The van der Waals surface area contributed by atoms with Gasteiger partial charge in [-0.3, -0.25) is 4.90 Å². The van der Waals surface area contributed by atoms with Gasteiger partial charge >= 0.3 is 0 Å². The van der Waals surface area contributed by atoms with Crippen molar-refractivity contribution in [1.29, 1.82) is 0 Å². The van der Waals surface area contributed by atoms with Gasteiger partial charge in [-0.05, 0) is 67.3 Å². The van der Waals surface area contributed by atoms with Crippen molar-refractivity contribution in [1.82, 2.24) is 15.2 Å². The van der Waals surface area contributed by atoms with E-state index in [0.717, 1.165) is 19.5 Å². The number of H-pyrrole nitrogens is 1. The van der Waals surface area contributed by atoms with E-state index in [1.54, 1.807) is 0 Å². The highest BCUT2D eigenvalue weighted by Gasteiger charge is 2.12. The van der Waals surface area contributed by atoms with Crippen LogP contribution in [0.3, 0.4) is 0 Å². The molecule has 4 nitrogen and oxygen atoms in total. The molecule has 3 heterocycles. The third-order valence-corrected chi connectivity index (χ3v) is 6.85. The van der Waals surface area contributed by atoms with E-state index in [1.165, 1.54) is 64.3 Å². The van der Waals surface area contributed by atoms with Crippen LogP contribution in [0.15, 0.2) is 48.5 Å². The van der Waals surface area contributed by atoms with Crippen molar-refractivity contribution in [2.24, 2.45) is 0 Å². The molecule has 1 atom stereocenters. The molecule has 0 saturated carbocycles. The maximum atomic E-state index is 8.50. The number of aliphatic hydroxyl groups excluding tert-OH is 1. The molecule has 0 amide bonds. The molecule has 3 N–H and O–H groups in total. The Morgan fingerprint density at radius 3 is 2.63 bits per heavy atom. The van der Waals surface area contributed by atoms with E-state index in [9.17, 15) is 0 Å². The van der Waals surface area contributed by atoms with E-state index >= 15 is 0 Å². The summed E-state index contributed by atoms with van der Waals surface area (Å²) in [6, 6.07) is 18.3. The molecular formula is C25H33N3OS. The Labute approximate surface area is 184 Å². The van der Waals surface area contributed by atoms with Gasteiger partial charge in [0.15, 0.2) is 0 Å². The summed E-state index contributed by atoms with van der Waals surface area (Å²) in [5.74, 6) is 2.53. The number of nitrogens with one attached hydrogen (secondary N) is 2. The Morgan fingerprint density at radius 2 is 1.90 bits per heavy atom. The average molecular weight is 424 g/mol. The first-order chi connectivity index (χ1) is 14.7. The molecular weight excluding hydrogens is 390 g/mol. The molecule has 0 radical (unpaired) electrons. The molecule has 2 aliphatic rings. The van der Waals surface area contributed by atoms with Crippen molar-refractivity contribution in [3.63, 3.8) is 0 Å². The highest BCUT2D eigenvalue weighted by atomic mass is 32.2. The van der Waals surface area contributed by atoms with Crippen LogP contribution in [0, 0.1) is 6.92 Å². The summed E-state index contributed by atoms with van der Waals surface area (Å²) in [6.07, 6.45) is 2.38. The minimum atomic E-state index is 0.306. The molecule has 2 saturated heterocycles. The molecule has 5 rings (SSSR count). The van der Waals surface area contributed by atoms with Gasteiger partial charge in [0.2, 0.25) is 0 Å². The van der Waals surface area contributed by atoms with E-state index in [0.29, 0.717) is 12.6 Å². The summed E-state index contributed by atoms with van der Waals surface area (Å²) < 4.78 is 0. The Hall–Kier alpha value is -1.79.